The zero-order valence-corrected chi connectivity index (χ0v) is 13.5. The molecule has 0 aromatic heterocycles. The normalized spacial score (nSPS) is 22.7. The summed E-state index contributed by atoms with van der Waals surface area (Å²) in [5.41, 5.74) is 8.52. The predicted molar refractivity (Wildman–Crippen MR) is 95.1 cm³/mol. The molecule has 0 fully saturated rings. The summed E-state index contributed by atoms with van der Waals surface area (Å²) in [6, 6.07) is 13.7. The summed E-state index contributed by atoms with van der Waals surface area (Å²) in [6.07, 6.45) is 9.39. The van der Waals surface area contributed by atoms with Gasteiger partial charge in [0.2, 0.25) is 0 Å². The Hall–Kier alpha value is -2.08. The molecule has 2 aliphatic rings. The van der Waals surface area contributed by atoms with Crippen LogP contribution in [-0.4, -0.2) is 0 Å². The molecular weight excluding hydrogens is 264 g/mol. The molecule has 2 aromatic rings. The molecule has 0 heterocycles. The minimum absolute atomic E-state index is 0.524. The SMILES string of the molecule is Cc1ccc2c(c1)C(C(C)C1C=Cc3ccc(C)cc31)C=C2. The Balaban J connectivity index is 1.70. The number of aryl methyl sites for hydroxylation is 2. The zero-order valence-electron chi connectivity index (χ0n) is 13.5. The average Bonchev–Trinajstić information content (AvgIpc) is 3.09. The van der Waals surface area contributed by atoms with Gasteiger partial charge in [-0.3, -0.25) is 0 Å². The van der Waals surface area contributed by atoms with Gasteiger partial charge in [-0.05, 0) is 42.0 Å². The van der Waals surface area contributed by atoms with Crippen molar-refractivity contribution in [3.05, 3.63) is 81.9 Å². The molecule has 22 heavy (non-hydrogen) atoms. The van der Waals surface area contributed by atoms with E-state index in [0.29, 0.717) is 17.8 Å². The maximum Gasteiger partial charge on any atom is 0.00618 e. The molecule has 2 aromatic carbocycles. The van der Waals surface area contributed by atoms with Crippen molar-refractivity contribution in [2.75, 3.05) is 0 Å². The third kappa shape index (κ3) is 2.06. The Morgan fingerprint density at radius 2 is 1.18 bits per heavy atom. The number of rotatable bonds is 2. The Morgan fingerprint density at radius 1 is 0.727 bits per heavy atom. The average molecular weight is 286 g/mol. The van der Waals surface area contributed by atoms with Gasteiger partial charge in [-0.1, -0.05) is 78.8 Å². The Bertz CT molecular complexity index is 724. The van der Waals surface area contributed by atoms with Crippen LogP contribution in [0.5, 0.6) is 0 Å². The van der Waals surface area contributed by atoms with E-state index in [1.807, 2.05) is 0 Å². The van der Waals surface area contributed by atoms with Gasteiger partial charge in [0, 0.05) is 11.8 Å². The minimum Gasteiger partial charge on any atom is -0.0761 e. The van der Waals surface area contributed by atoms with Crippen LogP contribution in [0.4, 0.5) is 0 Å². The van der Waals surface area contributed by atoms with Crippen LogP contribution in [0.1, 0.15) is 52.1 Å². The van der Waals surface area contributed by atoms with Crippen LogP contribution in [-0.2, 0) is 0 Å². The highest BCUT2D eigenvalue weighted by Crippen LogP contribution is 2.45. The number of allylic oxidation sites excluding steroid dienone is 2. The highest BCUT2D eigenvalue weighted by molar-refractivity contribution is 5.66. The van der Waals surface area contributed by atoms with Gasteiger partial charge < -0.3 is 0 Å². The largest absolute Gasteiger partial charge is 0.0761 e. The van der Waals surface area contributed by atoms with E-state index in [4.69, 9.17) is 0 Å². The van der Waals surface area contributed by atoms with Gasteiger partial charge in [0.1, 0.15) is 0 Å². The molecule has 2 unspecified atom stereocenters. The first kappa shape index (κ1) is 13.6. The molecule has 110 valence electrons. The van der Waals surface area contributed by atoms with Crippen molar-refractivity contribution in [2.24, 2.45) is 5.92 Å². The van der Waals surface area contributed by atoms with Gasteiger partial charge >= 0.3 is 0 Å². The molecular formula is C22H22. The smallest absolute Gasteiger partial charge is 0.00618 e. The first-order valence-corrected chi connectivity index (χ1v) is 8.21. The number of fused-ring (bicyclic) bond motifs is 2. The van der Waals surface area contributed by atoms with Crippen LogP contribution in [0.3, 0.4) is 0 Å². The highest BCUT2D eigenvalue weighted by Gasteiger charge is 2.31. The molecule has 0 nitrogen and oxygen atoms in total. The lowest BCUT2D eigenvalue weighted by atomic mass is 9.77. The van der Waals surface area contributed by atoms with Crippen molar-refractivity contribution < 1.29 is 0 Å². The summed E-state index contributed by atoms with van der Waals surface area (Å²) in [5, 5.41) is 0. The topological polar surface area (TPSA) is 0 Å². The molecule has 0 saturated heterocycles. The molecule has 0 radical (unpaired) electrons. The van der Waals surface area contributed by atoms with E-state index in [0.717, 1.165) is 0 Å². The summed E-state index contributed by atoms with van der Waals surface area (Å²) < 4.78 is 0. The standard InChI is InChI=1S/C22H22/c1-14-4-6-17-8-10-19(21(17)12-14)16(3)20-11-9-18-7-5-15(2)13-22(18)20/h4-13,16,19-20H,1-3H3. The molecule has 0 heteroatoms. The van der Waals surface area contributed by atoms with Crippen LogP contribution in [0.2, 0.25) is 0 Å². The lowest BCUT2D eigenvalue weighted by Crippen LogP contribution is -2.14. The summed E-state index contributed by atoms with van der Waals surface area (Å²) in [6.45, 7) is 6.78. The first-order chi connectivity index (χ1) is 10.6. The number of hydrogen-bond acceptors (Lipinski definition) is 0. The van der Waals surface area contributed by atoms with E-state index in [1.54, 1.807) is 0 Å². The number of benzene rings is 2. The fourth-order valence-electron chi connectivity index (χ4n) is 4.03. The quantitative estimate of drug-likeness (QED) is 0.648. The van der Waals surface area contributed by atoms with E-state index < -0.39 is 0 Å². The highest BCUT2D eigenvalue weighted by atomic mass is 14.3. The van der Waals surface area contributed by atoms with Gasteiger partial charge in [0.15, 0.2) is 0 Å². The molecule has 2 atom stereocenters. The van der Waals surface area contributed by atoms with Crippen molar-refractivity contribution in [1.82, 2.24) is 0 Å². The molecule has 0 saturated carbocycles. The second kappa shape index (κ2) is 4.98. The lowest BCUT2D eigenvalue weighted by Gasteiger charge is -2.26. The number of hydrogen-bond donors (Lipinski definition) is 0. The van der Waals surface area contributed by atoms with Crippen LogP contribution in [0, 0.1) is 19.8 Å². The molecule has 4 rings (SSSR count). The molecule has 0 amide bonds. The van der Waals surface area contributed by atoms with E-state index in [9.17, 15) is 0 Å². The Morgan fingerprint density at radius 3 is 1.64 bits per heavy atom. The molecule has 0 bridgehead atoms. The van der Waals surface area contributed by atoms with Crippen LogP contribution in [0.15, 0.2) is 48.6 Å². The minimum atomic E-state index is 0.524. The third-order valence-electron chi connectivity index (χ3n) is 5.30. The second-order valence-electron chi connectivity index (χ2n) is 6.89. The molecule has 0 N–H and O–H groups in total. The van der Waals surface area contributed by atoms with E-state index in [-0.39, 0.29) is 0 Å². The lowest BCUT2D eigenvalue weighted by molar-refractivity contribution is 0.482. The molecule has 0 spiro atoms. The van der Waals surface area contributed by atoms with E-state index in [1.165, 1.54) is 33.4 Å². The van der Waals surface area contributed by atoms with Crippen molar-refractivity contribution in [3.8, 4) is 0 Å². The van der Waals surface area contributed by atoms with Crippen molar-refractivity contribution in [2.45, 2.75) is 32.6 Å². The van der Waals surface area contributed by atoms with Crippen molar-refractivity contribution >= 4 is 12.2 Å². The van der Waals surface area contributed by atoms with Crippen LogP contribution >= 0.6 is 0 Å². The Kier molecular flexibility index (Phi) is 3.07. The zero-order chi connectivity index (χ0) is 15.3. The van der Waals surface area contributed by atoms with Gasteiger partial charge in [-0.2, -0.15) is 0 Å². The van der Waals surface area contributed by atoms with Gasteiger partial charge in [-0.25, -0.2) is 0 Å². The third-order valence-corrected chi connectivity index (χ3v) is 5.30. The summed E-state index contributed by atoms with van der Waals surface area (Å²) >= 11 is 0. The molecule has 2 aliphatic carbocycles. The predicted octanol–water partition coefficient (Wildman–Crippen LogP) is 5.86. The van der Waals surface area contributed by atoms with Gasteiger partial charge in [-0.15, -0.1) is 0 Å². The fraction of sp³-hybridized carbons (Fsp3) is 0.273. The van der Waals surface area contributed by atoms with Gasteiger partial charge in [0.25, 0.3) is 0 Å². The van der Waals surface area contributed by atoms with Crippen LogP contribution < -0.4 is 0 Å². The molecule has 0 aliphatic heterocycles. The second-order valence-corrected chi connectivity index (χ2v) is 6.89. The van der Waals surface area contributed by atoms with E-state index >= 15 is 0 Å². The van der Waals surface area contributed by atoms with Crippen molar-refractivity contribution in [1.29, 1.82) is 0 Å². The summed E-state index contributed by atoms with van der Waals surface area (Å²) in [5.74, 6) is 1.63. The maximum atomic E-state index is 2.40. The Labute approximate surface area is 133 Å². The summed E-state index contributed by atoms with van der Waals surface area (Å²) in [7, 11) is 0. The fourth-order valence-corrected chi connectivity index (χ4v) is 4.03. The van der Waals surface area contributed by atoms with Gasteiger partial charge in [0.05, 0.1) is 0 Å². The van der Waals surface area contributed by atoms with Crippen LogP contribution in [0.25, 0.3) is 12.2 Å². The van der Waals surface area contributed by atoms with E-state index in [2.05, 4.69) is 81.5 Å². The monoisotopic (exact) mass is 286 g/mol. The first-order valence-electron chi connectivity index (χ1n) is 8.21. The summed E-state index contributed by atoms with van der Waals surface area (Å²) in [4.78, 5) is 0. The maximum absolute atomic E-state index is 2.40. The van der Waals surface area contributed by atoms with Crippen molar-refractivity contribution in [3.63, 3.8) is 0 Å².